The van der Waals surface area contributed by atoms with Gasteiger partial charge >= 0.3 is 0 Å². The van der Waals surface area contributed by atoms with Crippen molar-refractivity contribution in [3.8, 4) is 0 Å². The molecule has 0 aromatic heterocycles. The van der Waals surface area contributed by atoms with E-state index in [4.69, 9.17) is 4.74 Å². The number of nitrogens with one attached hydrogen (secondary N) is 2. The van der Waals surface area contributed by atoms with Crippen LogP contribution in [0, 0.1) is 5.41 Å². The number of hydrogen-bond acceptors (Lipinski definition) is 4. The molecular weight excluding hydrogens is 350 g/mol. The summed E-state index contributed by atoms with van der Waals surface area (Å²) < 4.78 is 5.41. The fourth-order valence-corrected chi connectivity index (χ4v) is 4.79. The molecule has 1 heterocycles. The van der Waals surface area contributed by atoms with E-state index in [1.54, 1.807) is 7.11 Å². The van der Waals surface area contributed by atoms with Gasteiger partial charge in [-0.05, 0) is 56.9 Å². The maximum atomic E-state index is 13.0. The molecule has 1 saturated carbocycles. The van der Waals surface area contributed by atoms with Gasteiger partial charge in [0.05, 0.1) is 12.0 Å². The van der Waals surface area contributed by atoms with Crippen molar-refractivity contribution in [3.63, 3.8) is 0 Å². The molecular formula is C23H37N3O2. The molecule has 0 radical (unpaired) electrons. The molecule has 2 aliphatic rings. The van der Waals surface area contributed by atoms with Crippen LogP contribution in [0.4, 0.5) is 0 Å². The fourth-order valence-electron chi connectivity index (χ4n) is 4.79. The van der Waals surface area contributed by atoms with Crippen LogP contribution in [0.15, 0.2) is 24.3 Å². The summed E-state index contributed by atoms with van der Waals surface area (Å²) in [6.45, 7) is 3.78. The Morgan fingerprint density at radius 2 is 1.86 bits per heavy atom. The van der Waals surface area contributed by atoms with E-state index in [1.807, 2.05) is 0 Å². The van der Waals surface area contributed by atoms with Crippen LogP contribution >= 0.6 is 0 Å². The van der Waals surface area contributed by atoms with Crippen LogP contribution in [0.3, 0.4) is 0 Å². The van der Waals surface area contributed by atoms with Crippen LogP contribution in [0.5, 0.6) is 0 Å². The van der Waals surface area contributed by atoms with Gasteiger partial charge < -0.3 is 15.4 Å². The van der Waals surface area contributed by atoms with Crippen molar-refractivity contribution >= 4 is 5.91 Å². The molecule has 0 atom stereocenters. The second-order valence-electron chi connectivity index (χ2n) is 8.62. The third kappa shape index (κ3) is 5.34. The zero-order chi connectivity index (χ0) is 19.8. The molecule has 5 nitrogen and oxygen atoms in total. The second-order valence-corrected chi connectivity index (χ2v) is 8.62. The van der Waals surface area contributed by atoms with E-state index in [2.05, 4.69) is 46.8 Å². The molecule has 2 fully saturated rings. The van der Waals surface area contributed by atoms with E-state index in [0.29, 0.717) is 19.2 Å². The first kappa shape index (κ1) is 21.3. The van der Waals surface area contributed by atoms with Crippen molar-refractivity contribution in [3.05, 3.63) is 35.4 Å². The molecule has 1 aliphatic heterocycles. The molecule has 1 aromatic rings. The van der Waals surface area contributed by atoms with Crippen molar-refractivity contribution in [2.24, 2.45) is 5.41 Å². The van der Waals surface area contributed by atoms with E-state index in [9.17, 15) is 4.79 Å². The lowest BCUT2D eigenvalue weighted by atomic mass is 9.78. The minimum absolute atomic E-state index is 0.131. The Hall–Kier alpha value is -1.43. The Morgan fingerprint density at radius 1 is 1.18 bits per heavy atom. The topological polar surface area (TPSA) is 53.6 Å². The Morgan fingerprint density at radius 3 is 2.54 bits per heavy atom. The Bertz CT molecular complexity index is 617. The van der Waals surface area contributed by atoms with E-state index < -0.39 is 5.41 Å². The molecule has 156 valence electrons. The van der Waals surface area contributed by atoms with Crippen molar-refractivity contribution in [2.45, 2.75) is 64.1 Å². The average Bonchev–Trinajstić information content (AvgIpc) is 2.74. The number of nitrogens with zero attached hydrogens (tertiary/aromatic N) is 1. The lowest BCUT2D eigenvalue weighted by molar-refractivity contribution is -0.136. The largest absolute Gasteiger partial charge is 0.384 e. The van der Waals surface area contributed by atoms with Crippen LogP contribution in [0.1, 0.15) is 56.1 Å². The van der Waals surface area contributed by atoms with E-state index in [-0.39, 0.29) is 5.91 Å². The summed E-state index contributed by atoms with van der Waals surface area (Å²) in [5.74, 6) is 0.131. The highest BCUT2D eigenvalue weighted by molar-refractivity contribution is 5.83. The van der Waals surface area contributed by atoms with Gasteiger partial charge in [0, 0.05) is 26.2 Å². The average molecular weight is 388 g/mol. The number of carbonyl (C=O) groups is 1. The molecule has 0 unspecified atom stereocenters. The number of piperidine rings is 1. The minimum Gasteiger partial charge on any atom is -0.384 e. The first-order chi connectivity index (χ1) is 13.6. The zero-order valence-electron chi connectivity index (χ0n) is 17.6. The first-order valence-electron chi connectivity index (χ1n) is 10.9. The van der Waals surface area contributed by atoms with Crippen molar-refractivity contribution in [1.82, 2.24) is 15.5 Å². The monoisotopic (exact) mass is 387 g/mol. The summed E-state index contributed by atoms with van der Waals surface area (Å²) in [4.78, 5) is 15.5. The molecule has 0 bridgehead atoms. The van der Waals surface area contributed by atoms with Crippen molar-refractivity contribution in [1.29, 1.82) is 0 Å². The van der Waals surface area contributed by atoms with Crippen LogP contribution in [0.25, 0.3) is 0 Å². The standard InChI is InChI=1S/C23H37N3O2/c1-26(21-10-4-3-5-11-21)17-20-9-7-6-8-19(20)16-25-22(27)23(18-28-2)12-14-24-15-13-23/h6-9,21,24H,3-5,10-18H2,1-2H3,(H,25,27). The predicted molar refractivity (Wildman–Crippen MR) is 113 cm³/mol. The number of rotatable bonds is 8. The smallest absolute Gasteiger partial charge is 0.228 e. The van der Waals surface area contributed by atoms with Crippen molar-refractivity contribution in [2.75, 3.05) is 33.9 Å². The Kier molecular flexibility index (Phi) is 7.89. The van der Waals surface area contributed by atoms with E-state index in [1.165, 1.54) is 43.2 Å². The highest BCUT2D eigenvalue weighted by Gasteiger charge is 2.39. The van der Waals surface area contributed by atoms with Gasteiger partial charge in [0.1, 0.15) is 0 Å². The quantitative estimate of drug-likeness (QED) is 0.720. The molecule has 0 spiro atoms. The van der Waals surface area contributed by atoms with Crippen LogP contribution in [-0.4, -0.2) is 50.7 Å². The van der Waals surface area contributed by atoms with Crippen molar-refractivity contribution < 1.29 is 9.53 Å². The van der Waals surface area contributed by atoms with Gasteiger partial charge in [0.25, 0.3) is 0 Å². The third-order valence-corrected chi connectivity index (χ3v) is 6.64. The highest BCUT2D eigenvalue weighted by atomic mass is 16.5. The molecule has 3 rings (SSSR count). The molecule has 1 saturated heterocycles. The maximum Gasteiger partial charge on any atom is 0.228 e. The van der Waals surface area contributed by atoms with Gasteiger partial charge in [-0.15, -0.1) is 0 Å². The van der Waals surface area contributed by atoms with Crippen LogP contribution in [-0.2, 0) is 22.6 Å². The minimum atomic E-state index is -0.395. The number of carbonyl (C=O) groups excluding carboxylic acids is 1. The summed E-state index contributed by atoms with van der Waals surface area (Å²) in [7, 11) is 3.93. The third-order valence-electron chi connectivity index (χ3n) is 6.64. The Labute approximate surface area is 170 Å². The van der Waals surface area contributed by atoms with Gasteiger partial charge in [-0.25, -0.2) is 0 Å². The second kappa shape index (κ2) is 10.4. The zero-order valence-corrected chi connectivity index (χ0v) is 17.6. The van der Waals surface area contributed by atoms with Crippen LogP contribution < -0.4 is 10.6 Å². The lowest BCUT2D eigenvalue weighted by Gasteiger charge is -2.35. The number of amides is 1. The Balaban J connectivity index is 1.61. The highest BCUT2D eigenvalue weighted by Crippen LogP contribution is 2.30. The number of methoxy groups -OCH3 is 1. The summed E-state index contributed by atoms with van der Waals surface area (Å²) in [6.07, 6.45) is 8.36. The summed E-state index contributed by atoms with van der Waals surface area (Å²) in [5, 5.41) is 6.57. The van der Waals surface area contributed by atoms with Gasteiger partial charge in [-0.2, -0.15) is 0 Å². The van der Waals surface area contributed by atoms with Gasteiger partial charge in [0.15, 0.2) is 0 Å². The number of benzene rings is 1. The van der Waals surface area contributed by atoms with Gasteiger partial charge in [-0.1, -0.05) is 43.5 Å². The summed E-state index contributed by atoms with van der Waals surface area (Å²) in [6, 6.07) is 9.22. The SMILES string of the molecule is COCC1(C(=O)NCc2ccccc2CN(C)C2CCCCC2)CCNCC1. The summed E-state index contributed by atoms with van der Waals surface area (Å²) in [5.41, 5.74) is 2.15. The molecule has 1 aromatic carbocycles. The maximum absolute atomic E-state index is 13.0. The number of hydrogen-bond donors (Lipinski definition) is 2. The lowest BCUT2D eigenvalue weighted by Crippen LogP contribution is -2.50. The molecule has 28 heavy (non-hydrogen) atoms. The van der Waals surface area contributed by atoms with E-state index >= 15 is 0 Å². The predicted octanol–water partition coefficient (Wildman–Crippen LogP) is 3.08. The molecule has 1 aliphatic carbocycles. The molecule has 1 amide bonds. The normalized spacial score (nSPS) is 20.2. The van der Waals surface area contributed by atoms with Gasteiger partial charge in [-0.3, -0.25) is 9.69 Å². The summed E-state index contributed by atoms with van der Waals surface area (Å²) >= 11 is 0. The van der Waals surface area contributed by atoms with Crippen LogP contribution in [0.2, 0.25) is 0 Å². The first-order valence-corrected chi connectivity index (χ1v) is 10.9. The van der Waals surface area contributed by atoms with Gasteiger partial charge in [0.2, 0.25) is 5.91 Å². The number of ether oxygens (including phenoxy) is 1. The molecule has 5 heteroatoms. The fraction of sp³-hybridized carbons (Fsp3) is 0.696. The van der Waals surface area contributed by atoms with E-state index in [0.717, 1.165) is 32.5 Å². The molecule has 2 N–H and O–H groups in total.